The second-order valence-electron chi connectivity index (χ2n) is 8.26. The van der Waals surface area contributed by atoms with Crippen molar-refractivity contribution < 1.29 is 35.8 Å². The number of sulfonamides is 1. The highest BCUT2D eigenvalue weighted by Crippen LogP contribution is 2.34. The third-order valence-corrected chi connectivity index (χ3v) is 6.84. The maximum absolute atomic E-state index is 14.3. The zero-order valence-corrected chi connectivity index (χ0v) is 20.4. The third-order valence-electron chi connectivity index (χ3n) is 5.48. The van der Waals surface area contributed by atoms with Gasteiger partial charge in [0.2, 0.25) is 0 Å². The number of nitrogens with two attached hydrogens (primary N) is 1. The number of rotatable bonds is 10. The number of hydrogen-bond acceptors (Lipinski definition) is 7. The number of nitrogens with one attached hydrogen (secondary N) is 3. The molecule has 14 heteroatoms. The SMILES string of the molecule is Nc1cccc(S(=O)(=O)Nc2cc(C(O)CNCCOc3ccc4c(C(F)(F)F)n[nH]c4c3)ccc2F)c1. The maximum Gasteiger partial charge on any atom is 0.435 e. The number of hydrogen-bond donors (Lipinski definition) is 5. The highest BCUT2D eigenvalue weighted by molar-refractivity contribution is 7.92. The van der Waals surface area contributed by atoms with Gasteiger partial charge in [0.05, 0.1) is 22.2 Å². The first-order valence-corrected chi connectivity index (χ1v) is 12.7. The lowest BCUT2D eigenvalue weighted by molar-refractivity contribution is -0.139. The zero-order valence-electron chi connectivity index (χ0n) is 19.6. The lowest BCUT2D eigenvalue weighted by atomic mass is 10.1. The summed E-state index contributed by atoms with van der Waals surface area (Å²) in [5.74, 6) is -0.501. The van der Waals surface area contributed by atoms with Crippen molar-refractivity contribution in [3.8, 4) is 5.75 Å². The molecule has 0 spiro atoms. The summed E-state index contributed by atoms with van der Waals surface area (Å²) in [4.78, 5) is -0.142. The number of aliphatic hydroxyl groups excluding tert-OH is 1. The van der Waals surface area contributed by atoms with Crippen LogP contribution in [0, 0.1) is 5.82 Å². The van der Waals surface area contributed by atoms with Crippen LogP contribution in [0.25, 0.3) is 10.9 Å². The molecule has 4 aromatic rings. The van der Waals surface area contributed by atoms with Crippen LogP contribution in [0.1, 0.15) is 17.4 Å². The molecule has 0 amide bonds. The lowest BCUT2D eigenvalue weighted by Gasteiger charge is -2.15. The molecule has 0 aliphatic rings. The van der Waals surface area contributed by atoms with Crippen molar-refractivity contribution in [1.29, 1.82) is 0 Å². The Morgan fingerprint density at radius 3 is 2.63 bits per heavy atom. The fourth-order valence-electron chi connectivity index (χ4n) is 3.62. The molecule has 1 aromatic heterocycles. The van der Waals surface area contributed by atoms with Crippen LogP contribution in [0.15, 0.2) is 65.6 Å². The van der Waals surface area contributed by atoms with E-state index in [-0.39, 0.29) is 52.4 Å². The lowest BCUT2D eigenvalue weighted by Crippen LogP contribution is -2.26. The van der Waals surface area contributed by atoms with Crippen LogP contribution in [-0.2, 0) is 16.2 Å². The number of alkyl halides is 3. The summed E-state index contributed by atoms with van der Waals surface area (Å²) in [5, 5.41) is 19.0. The van der Waals surface area contributed by atoms with Gasteiger partial charge in [0.15, 0.2) is 5.69 Å². The topological polar surface area (TPSA) is 142 Å². The molecule has 0 saturated heterocycles. The van der Waals surface area contributed by atoms with Gasteiger partial charge in [-0.05, 0) is 48.0 Å². The molecule has 1 unspecified atom stereocenters. The fraction of sp³-hybridized carbons (Fsp3) is 0.208. The summed E-state index contributed by atoms with van der Waals surface area (Å²) in [6, 6.07) is 13.1. The van der Waals surface area contributed by atoms with Crippen LogP contribution in [0.2, 0.25) is 0 Å². The molecule has 6 N–H and O–H groups in total. The fourth-order valence-corrected chi connectivity index (χ4v) is 4.73. The van der Waals surface area contributed by atoms with Gasteiger partial charge in [0.1, 0.15) is 18.2 Å². The Kier molecular flexibility index (Phi) is 7.76. The number of halogens is 4. The second kappa shape index (κ2) is 10.8. The van der Waals surface area contributed by atoms with Gasteiger partial charge in [-0.3, -0.25) is 9.82 Å². The van der Waals surface area contributed by atoms with Gasteiger partial charge in [-0.15, -0.1) is 0 Å². The van der Waals surface area contributed by atoms with Crippen molar-refractivity contribution in [3.05, 3.63) is 77.7 Å². The Balaban J connectivity index is 1.30. The molecule has 202 valence electrons. The molecular weight excluding hydrogens is 530 g/mol. The van der Waals surface area contributed by atoms with Gasteiger partial charge in [0, 0.05) is 30.2 Å². The van der Waals surface area contributed by atoms with Crippen LogP contribution in [0.5, 0.6) is 5.75 Å². The van der Waals surface area contributed by atoms with E-state index >= 15 is 0 Å². The summed E-state index contributed by atoms with van der Waals surface area (Å²) in [6.07, 6.45) is -5.68. The molecule has 0 fully saturated rings. The second-order valence-corrected chi connectivity index (χ2v) is 9.95. The molecule has 0 bridgehead atoms. The van der Waals surface area contributed by atoms with Crippen molar-refractivity contribution in [2.75, 3.05) is 30.2 Å². The van der Waals surface area contributed by atoms with Crippen LogP contribution >= 0.6 is 0 Å². The van der Waals surface area contributed by atoms with Gasteiger partial charge >= 0.3 is 6.18 Å². The van der Waals surface area contributed by atoms with E-state index in [1.165, 1.54) is 54.6 Å². The first-order valence-electron chi connectivity index (χ1n) is 11.2. The van der Waals surface area contributed by atoms with E-state index in [4.69, 9.17) is 10.5 Å². The molecule has 0 saturated carbocycles. The summed E-state index contributed by atoms with van der Waals surface area (Å²) in [6.45, 7) is 0.431. The van der Waals surface area contributed by atoms with Crippen LogP contribution < -0.4 is 20.5 Å². The normalized spacial score (nSPS) is 13.0. The van der Waals surface area contributed by atoms with E-state index < -0.39 is 33.8 Å². The Bertz CT molecular complexity index is 1540. The van der Waals surface area contributed by atoms with Gasteiger partial charge in [0.25, 0.3) is 10.0 Å². The number of nitrogen functional groups attached to an aromatic ring is 1. The largest absolute Gasteiger partial charge is 0.492 e. The van der Waals surface area contributed by atoms with Crippen molar-refractivity contribution in [3.63, 3.8) is 0 Å². The van der Waals surface area contributed by atoms with E-state index in [1.54, 1.807) is 0 Å². The highest BCUT2D eigenvalue weighted by atomic mass is 32.2. The van der Waals surface area contributed by atoms with Crippen LogP contribution in [0.4, 0.5) is 28.9 Å². The predicted octanol–water partition coefficient (Wildman–Crippen LogP) is 3.81. The summed E-state index contributed by atoms with van der Waals surface area (Å²) in [5.41, 5.74) is 4.95. The van der Waals surface area contributed by atoms with Gasteiger partial charge < -0.3 is 20.9 Å². The number of anilines is 2. The smallest absolute Gasteiger partial charge is 0.435 e. The average Bonchev–Trinajstić information content (AvgIpc) is 3.29. The molecule has 3 aromatic carbocycles. The minimum atomic E-state index is -4.57. The quantitative estimate of drug-likeness (QED) is 0.114. The number of H-pyrrole nitrogens is 1. The van der Waals surface area contributed by atoms with Crippen molar-refractivity contribution >= 4 is 32.3 Å². The first-order chi connectivity index (χ1) is 17.9. The van der Waals surface area contributed by atoms with E-state index in [0.29, 0.717) is 5.75 Å². The Morgan fingerprint density at radius 1 is 1.11 bits per heavy atom. The average molecular weight is 554 g/mol. The number of benzene rings is 3. The Hall–Kier alpha value is -3.88. The standard InChI is InChI=1S/C24H23F4N5O4S/c25-19-7-4-14(10-21(19)33-38(35,36)17-3-1-2-15(29)11-17)22(34)13-30-8-9-37-16-5-6-18-20(12-16)31-32-23(18)24(26,27)28/h1-7,10-12,22,30,33-34H,8-9,13,29H2,(H,31,32). The highest BCUT2D eigenvalue weighted by Gasteiger charge is 2.35. The van der Waals surface area contributed by atoms with Gasteiger partial charge in [-0.25, -0.2) is 12.8 Å². The number of fused-ring (bicyclic) bond motifs is 1. The molecule has 0 aliphatic carbocycles. The number of ether oxygens (including phenoxy) is 1. The Morgan fingerprint density at radius 2 is 1.89 bits per heavy atom. The number of aromatic nitrogens is 2. The zero-order chi connectivity index (χ0) is 27.5. The number of aromatic amines is 1. The van der Waals surface area contributed by atoms with E-state index in [2.05, 4.69) is 20.2 Å². The van der Waals surface area contributed by atoms with Crippen LogP contribution in [-0.4, -0.2) is 43.4 Å². The maximum atomic E-state index is 14.3. The number of aliphatic hydroxyl groups is 1. The van der Waals surface area contributed by atoms with Crippen molar-refractivity contribution in [2.45, 2.75) is 17.2 Å². The molecule has 1 heterocycles. The first kappa shape index (κ1) is 27.2. The summed E-state index contributed by atoms with van der Waals surface area (Å²) in [7, 11) is -4.12. The van der Waals surface area contributed by atoms with E-state index in [9.17, 15) is 31.1 Å². The molecule has 38 heavy (non-hydrogen) atoms. The van der Waals surface area contributed by atoms with Crippen molar-refractivity contribution in [2.24, 2.45) is 0 Å². The summed E-state index contributed by atoms with van der Waals surface area (Å²) >= 11 is 0. The van der Waals surface area contributed by atoms with Gasteiger partial charge in [-0.1, -0.05) is 12.1 Å². The molecule has 4 rings (SSSR count). The van der Waals surface area contributed by atoms with E-state index in [0.717, 1.165) is 6.07 Å². The van der Waals surface area contributed by atoms with Crippen molar-refractivity contribution in [1.82, 2.24) is 15.5 Å². The Labute approximate surface area is 214 Å². The molecular formula is C24H23F4N5O4S. The molecule has 9 nitrogen and oxygen atoms in total. The van der Waals surface area contributed by atoms with E-state index in [1.807, 2.05) is 0 Å². The van der Waals surface area contributed by atoms with Crippen LogP contribution in [0.3, 0.4) is 0 Å². The third kappa shape index (κ3) is 6.33. The predicted molar refractivity (Wildman–Crippen MR) is 132 cm³/mol. The number of nitrogens with zero attached hydrogens (tertiary/aromatic N) is 1. The minimum Gasteiger partial charge on any atom is -0.492 e. The monoisotopic (exact) mass is 553 g/mol. The minimum absolute atomic E-state index is 0.0327. The van der Waals surface area contributed by atoms with Gasteiger partial charge in [-0.2, -0.15) is 18.3 Å². The molecule has 0 radical (unpaired) electrons. The molecule has 1 atom stereocenters. The summed E-state index contributed by atoms with van der Waals surface area (Å²) < 4.78 is 86.0. The molecule has 0 aliphatic heterocycles.